The Kier molecular flexibility index (Phi) is 3.28. The number of halogens is 3. The van der Waals surface area contributed by atoms with Crippen LogP contribution < -0.4 is 5.32 Å². The molecular formula is C14H9F3N4O. The van der Waals surface area contributed by atoms with Crippen molar-refractivity contribution >= 4 is 22.5 Å². The van der Waals surface area contributed by atoms with Crippen molar-refractivity contribution in [2.75, 3.05) is 5.32 Å². The molecule has 0 aliphatic rings. The lowest BCUT2D eigenvalue weighted by Crippen LogP contribution is -2.17. The summed E-state index contributed by atoms with van der Waals surface area (Å²) >= 11 is 0. The van der Waals surface area contributed by atoms with Crippen molar-refractivity contribution in [1.82, 2.24) is 15.2 Å². The van der Waals surface area contributed by atoms with Gasteiger partial charge in [0, 0.05) is 12.4 Å². The minimum atomic E-state index is -4.56. The third-order valence-electron chi connectivity index (χ3n) is 3.06. The number of carbonyl (C=O) groups excluding carboxylic acids is 1. The molecule has 2 N–H and O–H groups in total. The number of para-hydroxylation sites is 1. The number of fused-ring (bicyclic) bond motifs is 1. The van der Waals surface area contributed by atoms with Gasteiger partial charge in [0.25, 0.3) is 5.91 Å². The van der Waals surface area contributed by atoms with Crippen LogP contribution in [0.2, 0.25) is 0 Å². The number of alkyl halides is 3. The van der Waals surface area contributed by atoms with Gasteiger partial charge in [-0.15, -0.1) is 0 Å². The number of benzene rings is 1. The summed E-state index contributed by atoms with van der Waals surface area (Å²) in [5.74, 6) is -0.740. The maximum Gasteiger partial charge on any atom is 0.418 e. The van der Waals surface area contributed by atoms with E-state index >= 15 is 0 Å². The van der Waals surface area contributed by atoms with Crippen LogP contribution in [-0.4, -0.2) is 21.1 Å². The van der Waals surface area contributed by atoms with E-state index in [1.165, 1.54) is 30.6 Å². The first kappa shape index (κ1) is 14.1. The highest BCUT2D eigenvalue weighted by atomic mass is 19.4. The number of rotatable bonds is 2. The molecule has 0 radical (unpaired) electrons. The molecule has 1 aromatic carbocycles. The smallest absolute Gasteiger partial charge is 0.320 e. The molecule has 0 aliphatic carbocycles. The minimum absolute atomic E-state index is 0.0138. The summed E-state index contributed by atoms with van der Waals surface area (Å²) < 4.78 is 38.7. The van der Waals surface area contributed by atoms with Crippen LogP contribution in [0.3, 0.4) is 0 Å². The zero-order valence-corrected chi connectivity index (χ0v) is 11.0. The molecule has 1 amide bonds. The Hall–Kier alpha value is -2.90. The fourth-order valence-corrected chi connectivity index (χ4v) is 2.05. The SMILES string of the molecule is O=C(Nc1ccccc1C(F)(F)F)c1n[nH]c2ccncc12. The zero-order chi connectivity index (χ0) is 15.7. The second kappa shape index (κ2) is 5.14. The Balaban J connectivity index is 1.96. The quantitative estimate of drug-likeness (QED) is 0.763. The molecular weight excluding hydrogens is 297 g/mol. The highest BCUT2D eigenvalue weighted by Crippen LogP contribution is 2.34. The maximum atomic E-state index is 12.9. The summed E-state index contributed by atoms with van der Waals surface area (Å²) in [5.41, 5.74) is -0.675. The van der Waals surface area contributed by atoms with Crippen molar-refractivity contribution in [3.05, 3.63) is 54.0 Å². The lowest BCUT2D eigenvalue weighted by Gasteiger charge is -2.12. The number of anilines is 1. The summed E-state index contributed by atoms with van der Waals surface area (Å²) in [4.78, 5) is 16.1. The standard InChI is InChI=1S/C14H9F3N4O/c15-14(16,17)9-3-1-2-4-11(9)19-13(22)12-8-7-18-6-5-10(8)20-21-12/h1-7H,(H,19,22)(H,20,21). The number of pyridine rings is 1. The lowest BCUT2D eigenvalue weighted by atomic mass is 10.1. The van der Waals surface area contributed by atoms with Crippen LogP contribution in [0.15, 0.2) is 42.7 Å². The Morgan fingerprint density at radius 1 is 1.18 bits per heavy atom. The van der Waals surface area contributed by atoms with Crippen molar-refractivity contribution in [2.45, 2.75) is 6.18 Å². The van der Waals surface area contributed by atoms with Gasteiger partial charge < -0.3 is 5.32 Å². The fraction of sp³-hybridized carbons (Fsp3) is 0.0714. The molecule has 0 fully saturated rings. The normalized spacial score (nSPS) is 11.6. The molecule has 8 heteroatoms. The Morgan fingerprint density at radius 3 is 2.73 bits per heavy atom. The van der Waals surface area contributed by atoms with Gasteiger partial charge in [-0.3, -0.25) is 14.9 Å². The van der Waals surface area contributed by atoms with Crippen LogP contribution in [0.4, 0.5) is 18.9 Å². The first-order chi connectivity index (χ1) is 10.5. The monoisotopic (exact) mass is 306 g/mol. The van der Waals surface area contributed by atoms with Crippen LogP contribution in [0, 0.1) is 0 Å². The molecule has 0 bridgehead atoms. The highest BCUT2D eigenvalue weighted by Gasteiger charge is 2.33. The Labute approximate surface area is 122 Å². The van der Waals surface area contributed by atoms with Gasteiger partial charge >= 0.3 is 6.18 Å². The van der Waals surface area contributed by atoms with Gasteiger partial charge in [-0.2, -0.15) is 18.3 Å². The minimum Gasteiger partial charge on any atom is -0.320 e. The molecule has 2 aromatic heterocycles. The third kappa shape index (κ3) is 2.50. The first-order valence-corrected chi connectivity index (χ1v) is 6.22. The molecule has 0 aliphatic heterocycles. The van der Waals surface area contributed by atoms with Crippen molar-refractivity contribution in [1.29, 1.82) is 0 Å². The number of nitrogens with zero attached hydrogens (tertiary/aromatic N) is 2. The van der Waals surface area contributed by atoms with E-state index in [0.717, 1.165) is 6.07 Å². The molecule has 112 valence electrons. The molecule has 0 spiro atoms. The van der Waals surface area contributed by atoms with Gasteiger partial charge in [-0.05, 0) is 18.2 Å². The van der Waals surface area contributed by atoms with Crippen molar-refractivity contribution in [2.24, 2.45) is 0 Å². The van der Waals surface area contributed by atoms with Gasteiger partial charge in [0.2, 0.25) is 0 Å². The number of H-pyrrole nitrogens is 1. The van der Waals surface area contributed by atoms with E-state index in [-0.39, 0.29) is 11.4 Å². The van der Waals surface area contributed by atoms with Gasteiger partial charge in [-0.25, -0.2) is 0 Å². The first-order valence-electron chi connectivity index (χ1n) is 6.22. The number of amides is 1. The predicted octanol–water partition coefficient (Wildman–Crippen LogP) is 3.23. The number of nitrogens with one attached hydrogen (secondary N) is 2. The summed E-state index contributed by atoms with van der Waals surface area (Å²) in [6.07, 6.45) is -1.62. The molecule has 2 heterocycles. The molecule has 3 aromatic rings. The van der Waals surface area contributed by atoms with Crippen LogP contribution in [0.5, 0.6) is 0 Å². The number of hydrogen-bond acceptors (Lipinski definition) is 3. The molecule has 0 atom stereocenters. The number of carbonyl (C=O) groups is 1. The van der Waals surface area contributed by atoms with Crippen molar-refractivity contribution < 1.29 is 18.0 Å². The second-order valence-corrected chi connectivity index (χ2v) is 4.49. The van der Waals surface area contributed by atoms with Crippen LogP contribution in [0.25, 0.3) is 10.9 Å². The van der Waals surface area contributed by atoms with Crippen LogP contribution in [0.1, 0.15) is 16.1 Å². The molecule has 0 unspecified atom stereocenters. The van der Waals surface area contributed by atoms with E-state index < -0.39 is 17.6 Å². The van der Waals surface area contributed by atoms with Crippen LogP contribution in [-0.2, 0) is 6.18 Å². The number of hydrogen-bond donors (Lipinski definition) is 2. The van der Waals surface area contributed by atoms with Gasteiger partial charge in [0.15, 0.2) is 5.69 Å². The van der Waals surface area contributed by atoms with Crippen LogP contribution >= 0.6 is 0 Å². The Morgan fingerprint density at radius 2 is 1.95 bits per heavy atom. The molecule has 3 rings (SSSR count). The number of aromatic nitrogens is 3. The molecule has 22 heavy (non-hydrogen) atoms. The summed E-state index contributed by atoms with van der Waals surface area (Å²) in [6.45, 7) is 0. The van der Waals surface area contributed by atoms with E-state index in [4.69, 9.17) is 0 Å². The van der Waals surface area contributed by atoms with Crippen molar-refractivity contribution in [3.8, 4) is 0 Å². The highest BCUT2D eigenvalue weighted by molar-refractivity contribution is 6.11. The molecule has 5 nitrogen and oxygen atoms in total. The van der Waals surface area contributed by atoms with Crippen molar-refractivity contribution in [3.63, 3.8) is 0 Å². The average Bonchev–Trinajstić information content (AvgIpc) is 2.90. The van der Waals surface area contributed by atoms with E-state index in [2.05, 4.69) is 20.5 Å². The maximum absolute atomic E-state index is 12.9. The summed E-state index contributed by atoms with van der Waals surface area (Å²) in [6, 6.07) is 6.37. The van der Waals surface area contributed by atoms with Gasteiger partial charge in [0.1, 0.15) is 0 Å². The number of aromatic amines is 1. The lowest BCUT2D eigenvalue weighted by molar-refractivity contribution is -0.136. The largest absolute Gasteiger partial charge is 0.418 e. The Bertz CT molecular complexity index is 841. The van der Waals surface area contributed by atoms with E-state index in [0.29, 0.717) is 10.9 Å². The van der Waals surface area contributed by atoms with E-state index in [1.807, 2.05) is 0 Å². The summed E-state index contributed by atoms with van der Waals surface area (Å²) in [5, 5.41) is 9.13. The third-order valence-corrected chi connectivity index (χ3v) is 3.06. The topological polar surface area (TPSA) is 70.7 Å². The fourth-order valence-electron chi connectivity index (χ4n) is 2.05. The van der Waals surface area contributed by atoms with E-state index in [1.54, 1.807) is 6.07 Å². The molecule has 0 saturated heterocycles. The van der Waals surface area contributed by atoms with Gasteiger partial charge in [0.05, 0.1) is 22.2 Å². The second-order valence-electron chi connectivity index (χ2n) is 4.49. The summed E-state index contributed by atoms with van der Waals surface area (Å²) in [7, 11) is 0. The van der Waals surface area contributed by atoms with Gasteiger partial charge in [-0.1, -0.05) is 12.1 Å². The average molecular weight is 306 g/mol. The zero-order valence-electron chi connectivity index (χ0n) is 11.0. The molecule has 0 saturated carbocycles. The predicted molar refractivity (Wildman–Crippen MR) is 73.3 cm³/mol. The van der Waals surface area contributed by atoms with E-state index in [9.17, 15) is 18.0 Å².